The first kappa shape index (κ1) is 25.6. The van der Waals surface area contributed by atoms with Crippen LogP contribution in [0.2, 0.25) is 0 Å². The Bertz CT molecular complexity index is 986. The van der Waals surface area contributed by atoms with Crippen LogP contribution in [-0.2, 0) is 24.3 Å². The number of rotatable bonds is 6. The summed E-state index contributed by atoms with van der Waals surface area (Å²) in [5.41, 5.74) is 4.54. The molecule has 2 aliphatic rings. The van der Waals surface area contributed by atoms with Crippen LogP contribution in [0.25, 0.3) is 0 Å². The first-order valence-electron chi connectivity index (χ1n) is 11.8. The topological polar surface area (TPSA) is 96.0 Å². The predicted molar refractivity (Wildman–Crippen MR) is 127 cm³/mol. The van der Waals surface area contributed by atoms with Crippen molar-refractivity contribution in [2.45, 2.75) is 58.8 Å². The van der Waals surface area contributed by atoms with Crippen LogP contribution in [0.5, 0.6) is 0 Å². The van der Waals surface area contributed by atoms with Crippen LogP contribution in [-0.4, -0.2) is 76.0 Å². The van der Waals surface area contributed by atoms with Crippen molar-refractivity contribution in [1.82, 2.24) is 14.5 Å². The summed E-state index contributed by atoms with van der Waals surface area (Å²) >= 11 is 0. The minimum atomic E-state index is -3.74. The average Bonchev–Trinajstić information content (AvgIpc) is 2.81. The van der Waals surface area contributed by atoms with Crippen LogP contribution >= 0.6 is 0 Å². The summed E-state index contributed by atoms with van der Waals surface area (Å²) in [6, 6.07) is 0. The highest BCUT2D eigenvalue weighted by atomic mass is 32.2. The Morgan fingerprint density at radius 1 is 0.909 bits per heavy atom. The number of hydrogen-bond donors (Lipinski definition) is 1. The van der Waals surface area contributed by atoms with E-state index in [9.17, 15) is 18.0 Å². The Balaban J connectivity index is 1.59. The lowest BCUT2D eigenvalue weighted by Crippen LogP contribution is -2.49. The number of sulfonamides is 1. The summed E-state index contributed by atoms with van der Waals surface area (Å²) < 4.78 is 34.1. The molecule has 2 fully saturated rings. The van der Waals surface area contributed by atoms with Crippen LogP contribution in [0.4, 0.5) is 0 Å². The van der Waals surface area contributed by atoms with Gasteiger partial charge in [-0.05, 0) is 75.3 Å². The first-order valence-corrected chi connectivity index (χ1v) is 13.2. The lowest BCUT2D eigenvalue weighted by atomic mass is 9.95. The van der Waals surface area contributed by atoms with Gasteiger partial charge in [0.2, 0.25) is 21.8 Å². The van der Waals surface area contributed by atoms with Gasteiger partial charge in [-0.1, -0.05) is 0 Å². The van der Waals surface area contributed by atoms with Gasteiger partial charge in [0.25, 0.3) is 0 Å². The zero-order chi connectivity index (χ0) is 24.3. The standard InChI is InChI=1S/C24H37N3O5S/c1-16-17(2)19(4)23(20(5)18(16)3)33(30,31)25-9-8-22(28)27-10-6-7-21(15-27)24(29)26-11-13-32-14-12-26/h21,25H,6-15H2,1-5H3. The van der Waals surface area contributed by atoms with E-state index in [2.05, 4.69) is 4.72 Å². The number of carbonyl (C=O) groups excluding carboxylic acids is 2. The Morgan fingerprint density at radius 2 is 1.48 bits per heavy atom. The minimum Gasteiger partial charge on any atom is -0.378 e. The Kier molecular flexibility index (Phi) is 8.18. The van der Waals surface area contributed by atoms with Crippen LogP contribution in [0.15, 0.2) is 4.90 Å². The molecule has 1 N–H and O–H groups in total. The highest BCUT2D eigenvalue weighted by molar-refractivity contribution is 7.89. The van der Waals surface area contributed by atoms with Crippen molar-refractivity contribution >= 4 is 21.8 Å². The highest BCUT2D eigenvalue weighted by Gasteiger charge is 2.32. The number of piperidine rings is 1. The quantitative estimate of drug-likeness (QED) is 0.673. The number of nitrogens with zero attached hydrogens (tertiary/aromatic N) is 2. The maximum Gasteiger partial charge on any atom is 0.241 e. The summed E-state index contributed by atoms with van der Waals surface area (Å²) in [5, 5.41) is 0. The summed E-state index contributed by atoms with van der Waals surface area (Å²) in [6.45, 7) is 12.9. The molecule has 33 heavy (non-hydrogen) atoms. The van der Waals surface area contributed by atoms with E-state index in [1.54, 1.807) is 4.90 Å². The number of ether oxygens (including phenoxy) is 1. The zero-order valence-corrected chi connectivity index (χ0v) is 21.3. The molecule has 3 rings (SSSR count). The van der Waals surface area contributed by atoms with Crippen LogP contribution < -0.4 is 4.72 Å². The van der Waals surface area contributed by atoms with E-state index in [0.29, 0.717) is 44.3 Å². The molecule has 0 saturated carbocycles. The maximum atomic E-state index is 13.1. The van der Waals surface area contributed by atoms with E-state index >= 15 is 0 Å². The molecule has 2 amide bonds. The summed E-state index contributed by atoms with van der Waals surface area (Å²) in [5.74, 6) is -0.226. The predicted octanol–water partition coefficient (Wildman–Crippen LogP) is 1.99. The fourth-order valence-corrected chi connectivity index (χ4v) is 6.47. The molecule has 0 aromatic heterocycles. The molecule has 1 atom stereocenters. The fourth-order valence-electron chi connectivity index (χ4n) is 4.84. The third kappa shape index (κ3) is 5.58. The molecular formula is C24H37N3O5S. The summed E-state index contributed by atoms with van der Waals surface area (Å²) in [4.78, 5) is 29.4. The van der Waals surface area contributed by atoms with Crippen molar-refractivity contribution in [3.05, 3.63) is 27.8 Å². The number of nitrogens with one attached hydrogen (secondary N) is 1. The van der Waals surface area contributed by atoms with E-state index in [0.717, 1.165) is 40.7 Å². The van der Waals surface area contributed by atoms with Gasteiger partial charge in [-0.15, -0.1) is 0 Å². The number of carbonyl (C=O) groups is 2. The highest BCUT2D eigenvalue weighted by Crippen LogP contribution is 2.29. The van der Waals surface area contributed by atoms with E-state index < -0.39 is 10.0 Å². The molecule has 1 aromatic rings. The molecule has 9 heteroatoms. The van der Waals surface area contributed by atoms with Crippen LogP contribution in [0, 0.1) is 40.5 Å². The van der Waals surface area contributed by atoms with Crippen LogP contribution in [0.3, 0.4) is 0 Å². The minimum absolute atomic E-state index is 0.0323. The van der Waals surface area contributed by atoms with Gasteiger partial charge in [0.05, 0.1) is 24.0 Å². The molecule has 184 valence electrons. The van der Waals surface area contributed by atoms with Crippen molar-refractivity contribution in [2.75, 3.05) is 45.9 Å². The number of morpholine rings is 1. The lowest BCUT2D eigenvalue weighted by molar-refractivity contribution is -0.143. The third-order valence-corrected chi connectivity index (χ3v) is 9.01. The van der Waals surface area contributed by atoms with Crippen molar-refractivity contribution < 1.29 is 22.7 Å². The second-order valence-corrected chi connectivity index (χ2v) is 10.9. The number of likely N-dealkylation sites (tertiary alicyclic amines) is 1. The molecule has 1 aromatic carbocycles. The molecular weight excluding hydrogens is 442 g/mol. The Hall–Kier alpha value is -1.97. The fraction of sp³-hybridized carbons (Fsp3) is 0.667. The lowest BCUT2D eigenvalue weighted by Gasteiger charge is -2.36. The Morgan fingerprint density at radius 3 is 2.09 bits per heavy atom. The van der Waals surface area contributed by atoms with Crippen molar-refractivity contribution in [3.63, 3.8) is 0 Å². The molecule has 8 nitrogen and oxygen atoms in total. The average molecular weight is 480 g/mol. The third-order valence-electron chi connectivity index (χ3n) is 7.28. The van der Waals surface area contributed by atoms with Gasteiger partial charge in [0.1, 0.15) is 0 Å². The molecule has 0 spiro atoms. The van der Waals surface area contributed by atoms with Crippen molar-refractivity contribution in [3.8, 4) is 0 Å². The van der Waals surface area contributed by atoms with E-state index in [1.807, 2.05) is 39.5 Å². The normalized spacial score (nSPS) is 19.6. The molecule has 2 aliphatic heterocycles. The van der Waals surface area contributed by atoms with Crippen LogP contribution in [0.1, 0.15) is 47.1 Å². The maximum absolute atomic E-state index is 13.1. The number of benzene rings is 1. The molecule has 0 radical (unpaired) electrons. The molecule has 0 bridgehead atoms. The van der Waals surface area contributed by atoms with Gasteiger partial charge in [0.15, 0.2) is 0 Å². The zero-order valence-electron chi connectivity index (χ0n) is 20.5. The van der Waals surface area contributed by atoms with Gasteiger partial charge < -0.3 is 14.5 Å². The number of hydrogen-bond acceptors (Lipinski definition) is 5. The van der Waals surface area contributed by atoms with Gasteiger partial charge in [-0.25, -0.2) is 13.1 Å². The largest absolute Gasteiger partial charge is 0.378 e. The first-order chi connectivity index (χ1) is 15.5. The van der Waals surface area contributed by atoms with Crippen molar-refractivity contribution in [1.29, 1.82) is 0 Å². The summed E-state index contributed by atoms with van der Waals surface area (Å²) in [7, 11) is -3.74. The molecule has 0 aliphatic carbocycles. The van der Waals surface area contributed by atoms with E-state index in [-0.39, 0.29) is 30.7 Å². The second kappa shape index (κ2) is 10.5. The molecule has 2 heterocycles. The second-order valence-electron chi connectivity index (χ2n) is 9.22. The van der Waals surface area contributed by atoms with E-state index in [1.165, 1.54) is 0 Å². The van der Waals surface area contributed by atoms with Crippen molar-refractivity contribution in [2.24, 2.45) is 5.92 Å². The summed E-state index contributed by atoms with van der Waals surface area (Å²) in [6.07, 6.45) is 1.62. The van der Waals surface area contributed by atoms with Gasteiger partial charge in [-0.3, -0.25) is 9.59 Å². The molecule has 1 unspecified atom stereocenters. The van der Waals surface area contributed by atoms with Gasteiger partial charge in [0, 0.05) is 39.1 Å². The smallest absolute Gasteiger partial charge is 0.241 e. The number of amides is 2. The monoisotopic (exact) mass is 479 g/mol. The van der Waals surface area contributed by atoms with E-state index in [4.69, 9.17) is 4.74 Å². The van der Waals surface area contributed by atoms with Gasteiger partial charge in [-0.2, -0.15) is 0 Å². The van der Waals surface area contributed by atoms with Gasteiger partial charge >= 0.3 is 0 Å². The Labute approximate surface area is 197 Å². The molecule has 2 saturated heterocycles. The SMILES string of the molecule is Cc1c(C)c(C)c(S(=O)(=O)NCCC(=O)N2CCCC(C(=O)N3CCOCC3)C2)c(C)c1C.